The van der Waals surface area contributed by atoms with Gasteiger partial charge in [-0.15, -0.1) is 10.2 Å². The van der Waals surface area contributed by atoms with E-state index in [1.54, 1.807) is 0 Å². The van der Waals surface area contributed by atoms with Crippen molar-refractivity contribution < 1.29 is 4.79 Å². The molecule has 0 atom stereocenters. The Hall–Kier alpha value is -3.31. The van der Waals surface area contributed by atoms with Gasteiger partial charge in [0.1, 0.15) is 5.01 Å². The molecule has 0 fully saturated rings. The molecule has 1 aromatic heterocycles. The first kappa shape index (κ1) is 20.0. The molecule has 3 aromatic carbocycles. The molecule has 0 saturated heterocycles. The number of aromatic nitrogens is 2. The van der Waals surface area contributed by atoms with E-state index in [-0.39, 0.29) is 11.8 Å². The Bertz CT molecular complexity index is 1030. The molecular weight excluding hydrogens is 390 g/mol. The van der Waals surface area contributed by atoms with E-state index in [0.29, 0.717) is 11.6 Å². The SMILES string of the molecule is O=C(CC(c1ccccc1)c1ccccc1)Nc1nnc(CCc2ccccc2)s1. The van der Waals surface area contributed by atoms with E-state index in [4.69, 9.17) is 0 Å². The maximum absolute atomic E-state index is 12.8. The fraction of sp³-hybridized carbons (Fsp3) is 0.160. The first-order chi connectivity index (χ1) is 14.8. The second kappa shape index (κ2) is 9.94. The molecular formula is C25H23N3OS. The lowest BCUT2D eigenvalue weighted by atomic mass is 9.88. The number of hydrogen-bond acceptors (Lipinski definition) is 4. The average Bonchev–Trinajstić information content (AvgIpc) is 3.25. The van der Waals surface area contributed by atoms with Crippen LogP contribution in [0.2, 0.25) is 0 Å². The van der Waals surface area contributed by atoms with E-state index in [1.165, 1.54) is 16.9 Å². The second-order valence-corrected chi connectivity index (χ2v) is 8.17. The molecule has 30 heavy (non-hydrogen) atoms. The molecule has 1 N–H and O–H groups in total. The first-order valence-corrected chi connectivity index (χ1v) is 10.9. The molecule has 150 valence electrons. The Labute approximate surface area is 180 Å². The van der Waals surface area contributed by atoms with Crippen LogP contribution >= 0.6 is 11.3 Å². The van der Waals surface area contributed by atoms with Crippen molar-refractivity contribution in [1.82, 2.24) is 10.2 Å². The normalized spacial score (nSPS) is 10.8. The Morgan fingerprint density at radius 1 is 0.767 bits per heavy atom. The van der Waals surface area contributed by atoms with Gasteiger partial charge in [-0.2, -0.15) is 0 Å². The molecule has 1 heterocycles. The molecule has 0 aliphatic carbocycles. The van der Waals surface area contributed by atoms with Gasteiger partial charge in [0, 0.05) is 18.8 Å². The standard InChI is InChI=1S/C25H23N3OS/c29-23(18-22(20-12-6-2-7-13-20)21-14-8-3-9-15-21)26-25-28-27-24(30-25)17-16-19-10-4-1-5-11-19/h1-15,22H,16-18H2,(H,26,28,29). The summed E-state index contributed by atoms with van der Waals surface area (Å²) in [4.78, 5) is 12.8. The molecule has 0 unspecified atom stereocenters. The summed E-state index contributed by atoms with van der Waals surface area (Å²) in [5.74, 6) is -0.0589. The quantitative estimate of drug-likeness (QED) is 0.416. The highest BCUT2D eigenvalue weighted by atomic mass is 32.1. The van der Waals surface area contributed by atoms with Crippen molar-refractivity contribution in [2.45, 2.75) is 25.2 Å². The van der Waals surface area contributed by atoms with Crippen molar-refractivity contribution in [2.75, 3.05) is 5.32 Å². The van der Waals surface area contributed by atoms with Gasteiger partial charge in [0.05, 0.1) is 0 Å². The lowest BCUT2D eigenvalue weighted by Gasteiger charge is -2.17. The van der Waals surface area contributed by atoms with Crippen molar-refractivity contribution in [3.63, 3.8) is 0 Å². The number of rotatable bonds is 8. The number of carbonyl (C=O) groups is 1. The summed E-state index contributed by atoms with van der Waals surface area (Å²) < 4.78 is 0. The maximum Gasteiger partial charge on any atom is 0.227 e. The van der Waals surface area contributed by atoms with Crippen LogP contribution < -0.4 is 5.32 Å². The fourth-order valence-corrected chi connectivity index (χ4v) is 4.21. The molecule has 0 aliphatic heterocycles. The van der Waals surface area contributed by atoms with E-state index in [2.05, 4.69) is 51.9 Å². The van der Waals surface area contributed by atoms with Crippen LogP contribution in [0, 0.1) is 0 Å². The van der Waals surface area contributed by atoms with Gasteiger partial charge in [-0.3, -0.25) is 4.79 Å². The number of hydrogen-bond donors (Lipinski definition) is 1. The molecule has 0 radical (unpaired) electrons. The van der Waals surface area contributed by atoms with Crippen LogP contribution in [0.5, 0.6) is 0 Å². The minimum absolute atomic E-state index is 0.00197. The summed E-state index contributed by atoms with van der Waals surface area (Å²) in [5, 5.41) is 12.8. The zero-order valence-corrected chi connectivity index (χ0v) is 17.4. The number of amides is 1. The van der Waals surface area contributed by atoms with E-state index < -0.39 is 0 Å². The van der Waals surface area contributed by atoms with Crippen LogP contribution in [0.25, 0.3) is 0 Å². The fourth-order valence-electron chi connectivity index (χ4n) is 3.46. The number of nitrogens with one attached hydrogen (secondary N) is 1. The lowest BCUT2D eigenvalue weighted by molar-refractivity contribution is -0.116. The van der Waals surface area contributed by atoms with Crippen molar-refractivity contribution in [2.24, 2.45) is 0 Å². The van der Waals surface area contributed by atoms with Crippen LogP contribution in [0.3, 0.4) is 0 Å². The molecule has 0 saturated carbocycles. The smallest absolute Gasteiger partial charge is 0.227 e. The van der Waals surface area contributed by atoms with Crippen molar-refractivity contribution in [3.05, 3.63) is 113 Å². The minimum atomic E-state index is -0.0570. The average molecular weight is 414 g/mol. The number of nitrogens with zero attached hydrogens (tertiary/aromatic N) is 2. The lowest BCUT2D eigenvalue weighted by Crippen LogP contribution is -2.16. The number of aryl methyl sites for hydroxylation is 2. The Morgan fingerprint density at radius 2 is 1.33 bits per heavy atom. The van der Waals surface area contributed by atoms with E-state index in [9.17, 15) is 4.79 Å². The molecule has 5 heteroatoms. The predicted octanol–water partition coefficient (Wildman–Crippen LogP) is 5.48. The zero-order valence-electron chi connectivity index (χ0n) is 16.6. The molecule has 4 rings (SSSR count). The summed E-state index contributed by atoms with van der Waals surface area (Å²) in [5.41, 5.74) is 3.52. The van der Waals surface area contributed by atoms with E-state index in [0.717, 1.165) is 29.0 Å². The van der Waals surface area contributed by atoms with Crippen LogP contribution in [-0.4, -0.2) is 16.1 Å². The predicted molar refractivity (Wildman–Crippen MR) is 122 cm³/mol. The summed E-state index contributed by atoms with van der Waals surface area (Å²) in [6.45, 7) is 0. The van der Waals surface area contributed by atoms with Crippen LogP contribution in [-0.2, 0) is 17.6 Å². The Balaban J connectivity index is 1.40. The largest absolute Gasteiger partial charge is 0.300 e. The van der Waals surface area contributed by atoms with Gasteiger partial charge in [0.2, 0.25) is 11.0 Å². The van der Waals surface area contributed by atoms with E-state index in [1.807, 2.05) is 54.6 Å². The van der Waals surface area contributed by atoms with Crippen molar-refractivity contribution >= 4 is 22.4 Å². The monoisotopic (exact) mass is 413 g/mol. The summed E-state index contributed by atoms with van der Waals surface area (Å²) in [6, 6.07) is 30.6. The van der Waals surface area contributed by atoms with Gasteiger partial charge in [-0.05, 0) is 23.1 Å². The number of carbonyl (C=O) groups excluding carboxylic acids is 1. The molecule has 0 spiro atoms. The summed E-state index contributed by atoms with van der Waals surface area (Å²) >= 11 is 1.44. The Kier molecular flexibility index (Phi) is 6.62. The van der Waals surface area contributed by atoms with Gasteiger partial charge in [-0.25, -0.2) is 0 Å². The zero-order chi connectivity index (χ0) is 20.6. The third kappa shape index (κ3) is 5.39. The first-order valence-electron chi connectivity index (χ1n) is 10.0. The van der Waals surface area contributed by atoms with E-state index >= 15 is 0 Å². The topological polar surface area (TPSA) is 54.9 Å². The van der Waals surface area contributed by atoms with Gasteiger partial charge in [0.15, 0.2) is 0 Å². The second-order valence-electron chi connectivity index (χ2n) is 7.11. The summed E-state index contributed by atoms with van der Waals surface area (Å²) in [7, 11) is 0. The van der Waals surface area contributed by atoms with Gasteiger partial charge >= 0.3 is 0 Å². The highest BCUT2D eigenvalue weighted by Crippen LogP contribution is 2.28. The summed E-state index contributed by atoms with van der Waals surface area (Å²) in [6.07, 6.45) is 2.08. The molecule has 4 nitrogen and oxygen atoms in total. The van der Waals surface area contributed by atoms with Crippen LogP contribution in [0.4, 0.5) is 5.13 Å². The van der Waals surface area contributed by atoms with Crippen LogP contribution in [0.15, 0.2) is 91.0 Å². The third-order valence-corrected chi connectivity index (χ3v) is 5.88. The van der Waals surface area contributed by atoms with Gasteiger partial charge in [0.25, 0.3) is 0 Å². The molecule has 0 aliphatic rings. The minimum Gasteiger partial charge on any atom is -0.300 e. The maximum atomic E-state index is 12.8. The van der Waals surface area contributed by atoms with Crippen LogP contribution in [0.1, 0.15) is 34.0 Å². The Morgan fingerprint density at radius 3 is 1.93 bits per heavy atom. The molecule has 1 amide bonds. The van der Waals surface area contributed by atoms with Gasteiger partial charge < -0.3 is 5.32 Å². The van der Waals surface area contributed by atoms with Gasteiger partial charge in [-0.1, -0.05) is 102 Å². The molecule has 0 bridgehead atoms. The molecule has 4 aromatic rings. The number of benzene rings is 3. The van der Waals surface area contributed by atoms with Crippen molar-refractivity contribution in [1.29, 1.82) is 0 Å². The highest BCUT2D eigenvalue weighted by molar-refractivity contribution is 7.15. The third-order valence-electron chi connectivity index (χ3n) is 4.98. The van der Waals surface area contributed by atoms with Crippen molar-refractivity contribution in [3.8, 4) is 0 Å². The highest BCUT2D eigenvalue weighted by Gasteiger charge is 2.19. The number of anilines is 1.